The fourth-order valence-corrected chi connectivity index (χ4v) is 2.25. The Morgan fingerprint density at radius 1 is 1.12 bits per heavy atom. The molecule has 0 bridgehead atoms. The van der Waals surface area contributed by atoms with Gasteiger partial charge in [0.2, 0.25) is 0 Å². The van der Waals surface area contributed by atoms with Gasteiger partial charge in [-0.2, -0.15) is 13.2 Å². The summed E-state index contributed by atoms with van der Waals surface area (Å²) in [6.45, 7) is 0. The lowest BCUT2D eigenvalue weighted by Gasteiger charge is -2.09. The zero-order valence-corrected chi connectivity index (χ0v) is 11.9. The van der Waals surface area contributed by atoms with E-state index in [9.17, 15) is 22.8 Å². The summed E-state index contributed by atoms with van der Waals surface area (Å²) >= 11 is 0. The molecule has 0 aliphatic heterocycles. The maximum Gasteiger partial charge on any atom is 0.416 e. The zero-order chi connectivity index (χ0) is 17.5. The van der Waals surface area contributed by atoms with Crippen LogP contribution in [0, 0.1) is 0 Å². The van der Waals surface area contributed by atoms with Gasteiger partial charge in [-0.15, -0.1) is 0 Å². The Bertz CT molecular complexity index is 1010. The summed E-state index contributed by atoms with van der Waals surface area (Å²) in [5.74, 6) is -1.26. The lowest BCUT2D eigenvalue weighted by molar-refractivity contribution is -0.137. The van der Waals surface area contributed by atoms with Gasteiger partial charge in [-0.05, 0) is 30.3 Å². The standard InChI is InChI=1S/C16H9F3N2O3/c17-16(18,19)10-3-1-2-8(6-10)13-20-12-7-9(15(23)24)4-5-11(12)14(22)21-13/h1-7H,(H,23,24)(H,20,21,22). The number of nitrogens with one attached hydrogen (secondary N) is 1. The van der Waals surface area contributed by atoms with Crippen molar-refractivity contribution in [3.8, 4) is 11.4 Å². The third-order valence-electron chi connectivity index (χ3n) is 3.42. The molecule has 122 valence electrons. The normalized spacial score (nSPS) is 11.6. The second-order valence-electron chi connectivity index (χ2n) is 5.03. The molecule has 0 saturated carbocycles. The fourth-order valence-electron chi connectivity index (χ4n) is 2.25. The number of halogens is 3. The van der Waals surface area contributed by atoms with Crippen LogP contribution in [0.25, 0.3) is 22.3 Å². The molecule has 3 aromatic rings. The van der Waals surface area contributed by atoms with E-state index in [0.29, 0.717) is 0 Å². The summed E-state index contributed by atoms with van der Waals surface area (Å²) in [6, 6.07) is 8.11. The van der Waals surface area contributed by atoms with Crippen LogP contribution < -0.4 is 5.56 Å². The largest absolute Gasteiger partial charge is 0.478 e. The minimum Gasteiger partial charge on any atom is -0.478 e. The molecule has 3 rings (SSSR count). The van der Waals surface area contributed by atoms with Gasteiger partial charge in [0.25, 0.3) is 5.56 Å². The molecule has 0 radical (unpaired) electrons. The van der Waals surface area contributed by atoms with E-state index in [4.69, 9.17) is 5.11 Å². The number of benzene rings is 2. The van der Waals surface area contributed by atoms with Crippen molar-refractivity contribution in [2.45, 2.75) is 6.18 Å². The number of hydrogen-bond donors (Lipinski definition) is 2. The number of carbonyl (C=O) groups is 1. The van der Waals surface area contributed by atoms with Crippen LogP contribution in [0.4, 0.5) is 13.2 Å². The first-order valence-corrected chi connectivity index (χ1v) is 6.71. The van der Waals surface area contributed by atoms with Crippen molar-refractivity contribution in [2.75, 3.05) is 0 Å². The second kappa shape index (κ2) is 5.48. The maximum absolute atomic E-state index is 12.8. The Hall–Kier alpha value is -3.16. The van der Waals surface area contributed by atoms with Gasteiger partial charge in [0, 0.05) is 5.56 Å². The number of hydrogen-bond acceptors (Lipinski definition) is 3. The van der Waals surface area contributed by atoms with Crippen molar-refractivity contribution in [1.29, 1.82) is 0 Å². The molecule has 2 aromatic carbocycles. The van der Waals surface area contributed by atoms with Gasteiger partial charge in [0.15, 0.2) is 0 Å². The first-order valence-electron chi connectivity index (χ1n) is 6.71. The van der Waals surface area contributed by atoms with E-state index in [1.54, 1.807) is 0 Å². The van der Waals surface area contributed by atoms with Crippen LogP contribution in [0.15, 0.2) is 47.3 Å². The number of carboxylic acids is 1. The number of aromatic nitrogens is 2. The average Bonchev–Trinajstić information content (AvgIpc) is 2.53. The van der Waals surface area contributed by atoms with E-state index >= 15 is 0 Å². The molecule has 5 nitrogen and oxygen atoms in total. The maximum atomic E-state index is 12.8. The van der Waals surface area contributed by atoms with E-state index in [1.807, 2.05) is 0 Å². The van der Waals surface area contributed by atoms with Gasteiger partial charge in [0.05, 0.1) is 22.0 Å². The summed E-state index contributed by atoms with van der Waals surface area (Å²) in [5.41, 5.74) is -1.35. The first-order chi connectivity index (χ1) is 11.3. The third-order valence-corrected chi connectivity index (χ3v) is 3.42. The first kappa shape index (κ1) is 15.7. The molecule has 2 N–H and O–H groups in total. The summed E-state index contributed by atoms with van der Waals surface area (Å²) in [7, 11) is 0. The van der Waals surface area contributed by atoms with Crippen molar-refractivity contribution in [1.82, 2.24) is 9.97 Å². The fraction of sp³-hybridized carbons (Fsp3) is 0.0625. The lowest BCUT2D eigenvalue weighted by atomic mass is 10.1. The van der Waals surface area contributed by atoms with Crippen molar-refractivity contribution in [3.05, 3.63) is 63.9 Å². The molecular weight excluding hydrogens is 325 g/mol. The summed E-state index contributed by atoms with van der Waals surface area (Å²) in [4.78, 5) is 29.6. The molecule has 0 unspecified atom stereocenters. The van der Waals surface area contributed by atoms with Crippen molar-refractivity contribution in [2.24, 2.45) is 0 Å². The van der Waals surface area contributed by atoms with E-state index in [0.717, 1.165) is 12.1 Å². The van der Waals surface area contributed by atoms with Crippen LogP contribution in [-0.2, 0) is 6.18 Å². The highest BCUT2D eigenvalue weighted by Gasteiger charge is 2.30. The molecule has 1 aromatic heterocycles. The highest BCUT2D eigenvalue weighted by molar-refractivity contribution is 5.93. The Morgan fingerprint density at radius 2 is 1.88 bits per heavy atom. The molecule has 0 amide bonds. The molecule has 8 heteroatoms. The van der Waals surface area contributed by atoms with Gasteiger partial charge < -0.3 is 10.1 Å². The number of aromatic carboxylic acids is 1. The molecule has 0 fully saturated rings. The van der Waals surface area contributed by atoms with E-state index in [1.165, 1.54) is 30.3 Å². The molecule has 0 spiro atoms. The van der Waals surface area contributed by atoms with Crippen molar-refractivity contribution >= 4 is 16.9 Å². The Labute approximate surface area is 132 Å². The van der Waals surface area contributed by atoms with Crippen LogP contribution in [-0.4, -0.2) is 21.0 Å². The smallest absolute Gasteiger partial charge is 0.416 e. The number of fused-ring (bicyclic) bond motifs is 1. The quantitative estimate of drug-likeness (QED) is 0.753. The minimum absolute atomic E-state index is 0.0684. The molecule has 1 heterocycles. The number of rotatable bonds is 2. The zero-order valence-electron chi connectivity index (χ0n) is 11.9. The minimum atomic E-state index is -4.52. The second-order valence-corrected chi connectivity index (χ2v) is 5.03. The monoisotopic (exact) mass is 334 g/mol. The van der Waals surface area contributed by atoms with Crippen LogP contribution in [0.2, 0.25) is 0 Å². The van der Waals surface area contributed by atoms with Crippen LogP contribution >= 0.6 is 0 Å². The Balaban J connectivity index is 2.20. The van der Waals surface area contributed by atoms with Crippen molar-refractivity contribution < 1.29 is 23.1 Å². The van der Waals surface area contributed by atoms with E-state index in [2.05, 4.69) is 9.97 Å². The molecule has 0 saturated heterocycles. The van der Waals surface area contributed by atoms with E-state index in [-0.39, 0.29) is 27.9 Å². The van der Waals surface area contributed by atoms with Gasteiger partial charge in [-0.3, -0.25) is 4.79 Å². The highest BCUT2D eigenvalue weighted by Crippen LogP contribution is 2.31. The summed E-state index contributed by atoms with van der Waals surface area (Å²) in [6.07, 6.45) is -4.52. The molecule has 0 atom stereocenters. The molecule has 24 heavy (non-hydrogen) atoms. The van der Waals surface area contributed by atoms with Crippen LogP contribution in [0.3, 0.4) is 0 Å². The molecule has 0 aliphatic rings. The Kier molecular flexibility index (Phi) is 3.59. The molecular formula is C16H9F3N2O3. The Morgan fingerprint density at radius 3 is 2.54 bits per heavy atom. The summed E-state index contributed by atoms with van der Waals surface area (Å²) < 4.78 is 38.4. The number of alkyl halides is 3. The SMILES string of the molecule is O=C(O)c1ccc2c(=O)[nH]c(-c3cccc(C(F)(F)F)c3)nc2c1. The third kappa shape index (κ3) is 2.85. The molecule has 0 aliphatic carbocycles. The van der Waals surface area contributed by atoms with E-state index < -0.39 is 23.3 Å². The average molecular weight is 334 g/mol. The topological polar surface area (TPSA) is 83.0 Å². The number of H-pyrrole nitrogens is 1. The predicted octanol–water partition coefficient (Wildman–Crippen LogP) is 3.31. The predicted molar refractivity (Wildman–Crippen MR) is 79.8 cm³/mol. The van der Waals surface area contributed by atoms with Gasteiger partial charge in [-0.1, -0.05) is 12.1 Å². The van der Waals surface area contributed by atoms with Crippen LogP contribution in [0.1, 0.15) is 15.9 Å². The van der Waals surface area contributed by atoms with Gasteiger partial charge in [-0.25, -0.2) is 9.78 Å². The number of carboxylic acid groups (broad SMARTS) is 1. The van der Waals surface area contributed by atoms with Gasteiger partial charge >= 0.3 is 12.1 Å². The van der Waals surface area contributed by atoms with Gasteiger partial charge in [0.1, 0.15) is 5.82 Å². The van der Waals surface area contributed by atoms with Crippen molar-refractivity contribution in [3.63, 3.8) is 0 Å². The van der Waals surface area contributed by atoms with Crippen LogP contribution in [0.5, 0.6) is 0 Å². The number of nitrogens with zero attached hydrogens (tertiary/aromatic N) is 1. The highest BCUT2D eigenvalue weighted by atomic mass is 19.4. The lowest BCUT2D eigenvalue weighted by Crippen LogP contribution is -2.11. The summed E-state index contributed by atoms with van der Waals surface area (Å²) in [5, 5.41) is 9.14. The number of aromatic amines is 1.